The summed E-state index contributed by atoms with van der Waals surface area (Å²) in [5.41, 5.74) is 6.11. The summed E-state index contributed by atoms with van der Waals surface area (Å²) in [6.45, 7) is 0.555. The van der Waals surface area contributed by atoms with Gasteiger partial charge in [-0.1, -0.05) is 19.3 Å². The zero-order valence-corrected chi connectivity index (χ0v) is 9.30. The van der Waals surface area contributed by atoms with Crippen LogP contribution in [0.15, 0.2) is 0 Å². The van der Waals surface area contributed by atoms with Crippen LogP contribution in [0.25, 0.3) is 0 Å². The molecule has 3 nitrogen and oxygen atoms in total. The summed E-state index contributed by atoms with van der Waals surface area (Å²) in [5.74, 6) is -0.673. The maximum absolute atomic E-state index is 11.0. The van der Waals surface area contributed by atoms with E-state index in [1.165, 1.54) is 32.1 Å². The Labute approximate surface area is 91.0 Å². The molecule has 86 valence electrons. The largest absolute Gasteiger partial charge is 0.481 e. The summed E-state index contributed by atoms with van der Waals surface area (Å²) < 4.78 is 0. The Bertz CT molecular complexity index is 260. The highest BCUT2D eigenvalue weighted by Gasteiger charge is 2.55. The molecule has 2 saturated carbocycles. The van der Waals surface area contributed by atoms with Crippen molar-refractivity contribution in [1.82, 2.24) is 0 Å². The van der Waals surface area contributed by atoms with Crippen LogP contribution in [-0.4, -0.2) is 17.6 Å². The highest BCUT2D eigenvalue weighted by atomic mass is 16.4. The Kier molecular flexibility index (Phi) is 2.75. The van der Waals surface area contributed by atoms with Crippen LogP contribution in [0.3, 0.4) is 0 Å². The number of carboxylic acid groups (broad SMARTS) is 1. The van der Waals surface area contributed by atoms with Crippen molar-refractivity contribution in [3.8, 4) is 0 Å². The molecule has 0 bridgehead atoms. The van der Waals surface area contributed by atoms with Gasteiger partial charge in [0.05, 0.1) is 6.42 Å². The molecule has 0 heterocycles. The van der Waals surface area contributed by atoms with Crippen molar-refractivity contribution in [2.45, 2.75) is 51.4 Å². The van der Waals surface area contributed by atoms with E-state index in [-0.39, 0.29) is 11.8 Å². The first kappa shape index (κ1) is 10.9. The van der Waals surface area contributed by atoms with E-state index in [2.05, 4.69) is 0 Å². The molecule has 1 spiro atoms. The average molecular weight is 211 g/mol. The third-order valence-corrected chi connectivity index (χ3v) is 4.88. The van der Waals surface area contributed by atoms with E-state index in [1.54, 1.807) is 0 Å². The first-order valence-corrected chi connectivity index (χ1v) is 6.06. The van der Waals surface area contributed by atoms with E-state index in [4.69, 9.17) is 10.8 Å². The molecule has 1 atom stereocenters. The molecule has 3 heteroatoms. The minimum absolute atomic E-state index is 0.0880. The Morgan fingerprint density at radius 1 is 1.13 bits per heavy atom. The second kappa shape index (κ2) is 3.78. The van der Waals surface area contributed by atoms with Gasteiger partial charge in [-0.15, -0.1) is 0 Å². The molecule has 0 aromatic carbocycles. The van der Waals surface area contributed by atoms with Crippen LogP contribution in [0.1, 0.15) is 51.4 Å². The minimum Gasteiger partial charge on any atom is -0.481 e. The normalized spacial score (nSPS) is 33.7. The van der Waals surface area contributed by atoms with Gasteiger partial charge >= 0.3 is 5.97 Å². The maximum atomic E-state index is 11.0. The second-order valence-corrected chi connectivity index (χ2v) is 5.40. The van der Waals surface area contributed by atoms with Gasteiger partial charge in [0.2, 0.25) is 0 Å². The molecule has 2 rings (SSSR count). The van der Waals surface area contributed by atoms with Crippen LogP contribution in [0.4, 0.5) is 0 Å². The van der Waals surface area contributed by atoms with Gasteiger partial charge in [0.25, 0.3) is 0 Å². The summed E-state index contributed by atoms with van der Waals surface area (Å²) in [6.07, 6.45) is 8.61. The van der Waals surface area contributed by atoms with Crippen LogP contribution in [-0.2, 0) is 4.79 Å². The van der Waals surface area contributed by atoms with Crippen molar-refractivity contribution in [3.63, 3.8) is 0 Å². The van der Waals surface area contributed by atoms with Crippen molar-refractivity contribution >= 4 is 5.97 Å². The van der Waals surface area contributed by atoms with Crippen LogP contribution < -0.4 is 5.73 Å². The fraction of sp³-hybridized carbons (Fsp3) is 0.917. The molecule has 0 aromatic heterocycles. The third kappa shape index (κ3) is 1.57. The van der Waals surface area contributed by atoms with E-state index < -0.39 is 5.97 Å². The first-order chi connectivity index (χ1) is 7.14. The predicted molar refractivity (Wildman–Crippen MR) is 58.5 cm³/mol. The van der Waals surface area contributed by atoms with E-state index >= 15 is 0 Å². The van der Waals surface area contributed by atoms with Crippen LogP contribution >= 0.6 is 0 Å². The predicted octanol–water partition coefficient (Wildman–Crippen LogP) is 2.15. The summed E-state index contributed by atoms with van der Waals surface area (Å²) in [7, 11) is 0. The highest BCUT2D eigenvalue weighted by Crippen LogP contribution is 2.62. The number of hydrogen-bond acceptors (Lipinski definition) is 2. The number of hydrogen-bond donors (Lipinski definition) is 2. The number of rotatable bonds is 3. The molecule has 0 radical (unpaired) electrons. The second-order valence-electron chi connectivity index (χ2n) is 5.40. The molecule has 15 heavy (non-hydrogen) atoms. The molecule has 0 amide bonds. The van der Waals surface area contributed by atoms with Gasteiger partial charge in [0.15, 0.2) is 0 Å². The molecule has 2 fully saturated rings. The number of carbonyl (C=O) groups is 1. The van der Waals surface area contributed by atoms with Crippen molar-refractivity contribution in [2.24, 2.45) is 16.6 Å². The Morgan fingerprint density at radius 3 is 2.20 bits per heavy atom. The topological polar surface area (TPSA) is 63.3 Å². The van der Waals surface area contributed by atoms with Gasteiger partial charge in [-0.2, -0.15) is 0 Å². The van der Waals surface area contributed by atoms with Crippen LogP contribution in [0.2, 0.25) is 0 Å². The summed E-state index contributed by atoms with van der Waals surface area (Å²) in [5, 5.41) is 9.06. The van der Waals surface area contributed by atoms with E-state index in [9.17, 15) is 4.79 Å². The lowest BCUT2D eigenvalue weighted by atomic mass is 9.46. The summed E-state index contributed by atoms with van der Waals surface area (Å²) in [6, 6.07) is 0. The van der Waals surface area contributed by atoms with Crippen molar-refractivity contribution in [1.29, 1.82) is 0 Å². The average Bonchev–Trinajstić information content (AvgIpc) is 2.15. The fourth-order valence-corrected chi connectivity index (χ4v) is 3.80. The quantitative estimate of drug-likeness (QED) is 0.751. The lowest BCUT2D eigenvalue weighted by molar-refractivity contribution is -0.149. The standard InChI is InChI=1S/C12H21NO2/c13-9-12(8-10(14)15)5-2-1-4-11(12)6-3-7-11/h1-9,13H2,(H,14,15). The van der Waals surface area contributed by atoms with Gasteiger partial charge in [-0.3, -0.25) is 4.79 Å². The molecule has 0 aromatic rings. The Balaban J connectivity index is 2.22. The zero-order chi connectivity index (χ0) is 10.9. The summed E-state index contributed by atoms with van der Waals surface area (Å²) in [4.78, 5) is 11.0. The van der Waals surface area contributed by atoms with Crippen molar-refractivity contribution in [2.75, 3.05) is 6.54 Å². The zero-order valence-electron chi connectivity index (χ0n) is 9.30. The molecular formula is C12H21NO2. The number of carboxylic acids is 1. The number of aliphatic carboxylic acids is 1. The Hall–Kier alpha value is -0.570. The van der Waals surface area contributed by atoms with Crippen LogP contribution in [0.5, 0.6) is 0 Å². The smallest absolute Gasteiger partial charge is 0.303 e. The molecule has 1 unspecified atom stereocenters. The molecule has 0 aliphatic heterocycles. The van der Waals surface area contributed by atoms with E-state index in [0.717, 1.165) is 12.8 Å². The fourth-order valence-electron chi connectivity index (χ4n) is 3.80. The van der Waals surface area contributed by atoms with Crippen molar-refractivity contribution < 1.29 is 9.90 Å². The van der Waals surface area contributed by atoms with Gasteiger partial charge in [-0.25, -0.2) is 0 Å². The SMILES string of the molecule is NCC1(CC(=O)O)CCCCC12CCC2. The van der Waals surface area contributed by atoms with Crippen LogP contribution in [0, 0.1) is 10.8 Å². The molecule has 2 aliphatic rings. The van der Waals surface area contributed by atoms with E-state index in [1.807, 2.05) is 0 Å². The van der Waals surface area contributed by atoms with Crippen molar-refractivity contribution in [3.05, 3.63) is 0 Å². The summed E-state index contributed by atoms with van der Waals surface area (Å²) >= 11 is 0. The molecule has 0 saturated heterocycles. The van der Waals surface area contributed by atoms with Gasteiger partial charge < -0.3 is 10.8 Å². The molecular weight excluding hydrogens is 190 g/mol. The first-order valence-electron chi connectivity index (χ1n) is 6.06. The lowest BCUT2D eigenvalue weighted by Crippen LogP contribution is -2.54. The molecule has 2 aliphatic carbocycles. The van der Waals surface area contributed by atoms with Gasteiger partial charge in [0.1, 0.15) is 0 Å². The third-order valence-electron chi connectivity index (χ3n) is 4.88. The van der Waals surface area contributed by atoms with Gasteiger partial charge in [-0.05, 0) is 43.1 Å². The molecule has 3 N–H and O–H groups in total. The number of nitrogens with two attached hydrogens (primary N) is 1. The minimum atomic E-state index is -0.673. The van der Waals surface area contributed by atoms with E-state index in [0.29, 0.717) is 12.0 Å². The Morgan fingerprint density at radius 2 is 1.73 bits per heavy atom. The lowest BCUT2D eigenvalue weighted by Gasteiger charge is -2.58. The monoisotopic (exact) mass is 211 g/mol. The maximum Gasteiger partial charge on any atom is 0.303 e. The van der Waals surface area contributed by atoms with Gasteiger partial charge in [0, 0.05) is 0 Å². The highest BCUT2D eigenvalue weighted by molar-refractivity contribution is 5.68.